The molecule has 10 heteroatoms. The molecule has 5 rings (SSSR count). The van der Waals surface area contributed by atoms with Crippen molar-refractivity contribution in [3.05, 3.63) is 35.5 Å². The van der Waals surface area contributed by atoms with Crippen molar-refractivity contribution in [3.63, 3.8) is 0 Å². The summed E-state index contributed by atoms with van der Waals surface area (Å²) in [6.07, 6.45) is 2.17. The molecule has 3 aliphatic heterocycles. The van der Waals surface area contributed by atoms with Crippen LogP contribution in [-0.2, 0) is 22.8 Å². The predicted molar refractivity (Wildman–Crippen MR) is 133 cm³/mol. The maximum Gasteiger partial charge on any atom is 0.322 e. The number of rotatable bonds is 5. The minimum Gasteiger partial charge on any atom is -0.394 e. The van der Waals surface area contributed by atoms with Crippen LogP contribution in [0.5, 0.6) is 0 Å². The molecule has 1 aromatic carbocycles. The topological polar surface area (TPSA) is 111 Å². The molecule has 3 N–H and O–H groups in total. The SMILES string of the molecule is CC(C)C(CO)Nc1nc(N2CCC3(CC2)c2ccccc2NC(=O)N3C)nc2c1[S@](=O)CC2. The average Bonchev–Trinajstić information content (AvgIpc) is 3.22. The van der Waals surface area contributed by atoms with Crippen LogP contribution in [0.3, 0.4) is 0 Å². The molecule has 0 aliphatic carbocycles. The Morgan fingerprint density at radius 1 is 1.24 bits per heavy atom. The van der Waals surface area contributed by atoms with Crippen molar-refractivity contribution >= 4 is 34.3 Å². The summed E-state index contributed by atoms with van der Waals surface area (Å²) >= 11 is 0. The summed E-state index contributed by atoms with van der Waals surface area (Å²) in [6.45, 7) is 5.43. The van der Waals surface area contributed by atoms with Gasteiger partial charge in [-0.05, 0) is 24.8 Å². The molecule has 1 saturated heterocycles. The summed E-state index contributed by atoms with van der Waals surface area (Å²) in [5.74, 6) is 1.93. The van der Waals surface area contributed by atoms with Crippen LogP contribution in [0.2, 0.25) is 0 Å². The minimum absolute atomic E-state index is 0.0293. The summed E-state index contributed by atoms with van der Waals surface area (Å²) < 4.78 is 12.7. The van der Waals surface area contributed by atoms with Crippen molar-refractivity contribution in [2.75, 3.05) is 48.0 Å². The van der Waals surface area contributed by atoms with Gasteiger partial charge in [0.05, 0.1) is 34.7 Å². The van der Waals surface area contributed by atoms with Crippen LogP contribution in [0.15, 0.2) is 29.2 Å². The Bertz CT molecular complexity index is 1130. The van der Waals surface area contributed by atoms with E-state index in [0.717, 1.165) is 29.8 Å². The number of aliphatic hydroxyl groups is 1. The number of carbonyl (C=O) groups is 1. The van der Waals surface area contributed by atoms with E-state index in [0.29, 0.717) is 41.9 Å². The molecule has 1 fully saturated rings. The van der Waals surface area contributed by atoms with Gasteiger partial charge in [-0.3, -0.25) is 4.21 Å². The van der Waals surface area contributed by atoms with Crippen molar-refractivity contribution in [2.45, 2.75) is 49.6 Å². The van der Waals surface area contributed by atoms with E-state index in [2.05, 4.69) is 21.6 Å². The molecule has 0 radical (unpaired) electrons. The van der Waals surface area contributed by atoms with Gasteiger partial charge >= 0.3 is 6.03 Å². The first-order valence-electron chi connectivity index (χ1n) is 11.9. The molecule has 0 bridgehead atoms. The summed E-state index contributed by atoms with van der Waals surface area (Å²) in [5.41, 5.74) is 2.48. The van der Waals surface area contributed by atoms with Gasteiger partial charge in [0.2, 0.25) is 5.95 Å². The lowest BCUT2D eigenvalue weighted by atomic mass is 9.77. The lowest BCUT2D eigenvalue weighted by Gasteiger charge is -2.50. The van der Waals surface area contributed by atoms with Crippen LogP contribution in [0.25, 0.3) is 0 Å². The number of carbonyl (C=O) groups excluding carboxylic acids is 1. The van der Waals surface area contributed by atoms with E-state index in [1.54, 1.807) is 0 Å². The average molecular weight is 485 g/mol. The maximum atomic E-state index is 12.7. The van der Waals surface area contributed by atoms with Gasteiger partial charge in [-0.2, -0.15) is 4.98 Å². The van der Waals surface area contributed by atoms with Crippen molar-refractivity contribution in [1.82, 2.24) is 14.9 Å². The van der Waals surface area contributed by atoms with Crippen molar-refractivity contribution < 1.29 is 14.1 Å². The lowest BCUT2D eigenvalue weighted by molar-refractivity contribution is 0.113. The summed E-state index contributed by atoms with van der Waals surface area (Å²) in [4.78, 5) is 27.0. The van der Waals surface area contributed by atoms with Gasteiger partial charge in [0, 0.05) is 43.6 Å². The Hall–Kier alpha value is -2.72. The highest BCUT2D eigenvalue weighted by atomic mass is 32.2. The standard InChI is InChI=1S/C24H32N6O3S/c1-15(2)19(14-31)25-21-20-18(8-13-34(20)33)26-22(28-21)30-11-9-24(10-12-30)16-6-4-5-7-17(16)27-23(32)29(24)3/h4-7,15,19,31H,8-14H2,1-3H3,(H,27,32)(H,25,26,28)/t19?,34-/m1/s1. The molecule has 182 valence electrons. The number of nitrogens with zero attached hydrogens (tertiary/aromatic N) is 4. The zero-order valence-corrected chi connectivity index (χ0v) is 20.7. The molecule has 2 atom stereocenters. The highest BCUT2D eigenvalue weighted by Crippen LogP contribution is 2.45. The van der Waals surface area contributed by atoms with Crippen LogP contribution in [0.1, 0.15) is 37.9 Å². The molecule has 1 aromatic heterocycles. The van der Waals surface area contributed by atoms with Gasteiger partial charge in [-0.25, -0.2) is 9.78 Å². The third-order valence-corrected chi connectivity index (χ3v) is 8.95. The normalized spacial score (nSPS) is 21.9. The van der Waals surface area contributed by atoms with Crippen LogP contribution < -0.4 is 15.5 Å². The van der Waals surface area contributed by atoms with Gasteiger partial charge in [0.1, 0.15) is 10.7 Å². The molecule has 34 heavy (non-hydrogen) atoms. The summed E-state index contributed by atoms with van der Waals surface area (Å²) in [7, 11) is 0.731. The molecule has 1 unspecified atom stereocenters. The van der Waals surface area contributed by atoms with Gasteiger partial charge in [-0.1, -0.05) is 32.0 Å². The van der Waals surface area contributed by atoms with Crippen LogP contribution in [0, 0.1) is 5.92 Å². The Balaban J connectivity index is 1.44. The van der Waals surface area contributed by atoms with E-state index in [-0.39, 0.29) is 30.1 Å². The second-order valence-corrected chi connectivity index (χ2v) is 11.2. The summed E-state index contributed by atoms with van der Waals surface area (Å²) in [6, 6.07) is 7.76. The van der Waals surface area contributed by atoms with Gasteiger partial charge in [0.25, 0.3) is 0 Å². The minimum atomic E-state index is -1.14. The van der Waals surface area contributed by atoms with E-state index < -0.39 is 10.8 Å². The number of nitrogens with one attached hydrogen (secondary N) is 2. The molecule has 2 aromatic rings. The Morgan fingerprint density at radius 3 is 2.68 bits per heavy atom. The Kier molecular flexibility index (Phi) is 5.97. The fraction of sp³-hybridized carbons (Fsp3) is 0.542. The zero-order chi connectivity index (χ0) is 24.0. The highest BCUT2D eigenvalue weighted by molar-refractivity contribution is 7.85. The number of aliphatic hydroxyl groups excluding tert-OH is 1. The number of benzene rings is 1. The number of fused-ring (bicyclic) bond motifs is 3. The van der Waals surface area contributed by atoms with E-state index in [1.165, 1.54) is 0 Å². The number of urea groups is 1. The predicted octanol–water partition coefficient (Wildman–Crippen LogP) is 2.54. The van der Waals surface area contributed by atoms with E-state index in [1.807, 2.05) is 44.0 Å². The molecular weight excluding hydrogens is 452 g/mol. The number of anilines is 3. The number of amides is 2. The molecule has 1 spiro atoms. The smallest absolute Gasteiger partial charge is 0.322 e. The molecular formula is C24H32N6O3S. The molecule has 0 saturated carbocycles. The van der Waals surface area contributed by atoms with Crippen molar-refractivity contribution in [3.8, 4) is 0 Å². The van der Waals surface area contributed by atoms with Crippen LogP contribution in [-0.4, -0.2) is 68.8 Å². The van der Waals surface area contributed by atoms with Crippen LogP contribution >= 0.6 is 0 Å². The van der Waals surface area contributed by atoms with Gasteiger partial charge in [-0.15, -0.1) is 0 Å². The van der Waals surface area contributed by atoms with Crippen molar-refractivity contribution in [2.24, 2.45) is 5.92 Å². The Morgan fingerprint density at radius 2 is 1.97 bits per heavy atom. The number of hydrogen-bond acceptors (Lipinski definition) is 7. The maximum absolute atomic E-state index is 12.7. The fourth-order valence-corrected chi connectivity index (χ4v) is 6.59. The monoisotopic (exact) mass is 484 g/mol. The quantitative estimate of drug-likeness (QED) is 0.598. The number of hydrogen-bond donors (Lipinski definition) is 3. The first-order chi connectivity index (χ1) is 16.3. The molecule has 2 amide bonds. The van der Waals surface area contributed by atoms with Gasteiger partial charge < -0.3 is 25.5 Å². The lowest BCUT2D eigenvalue weighted by Crippen LogP contribution is -2.57. The van der Waals surface area contributed by atoms with Crippen molar-refractivity contribution in [1.29, 1.82) is 0 Å². The highest BCUT2D eigenvalue weighted by Gasteiger charge is 2.46. The molecule has 9 nitrogen and oxygen atoms in total. The van der Waals surface area contributed by atoms with Gasteiger partial charge in [0.15, 0.2) is 0 Å². The fourth-order valence-electron chi connectivity index (χ4n) is 5.28. The number of aromatic nitrogens is 2. The van der Waals surface area contributed by atoms with E-state index in [9.17, 15) is 14.1 Å². The Labute approximate surface area is 202 Å². The second kappa shape index (κ2) is 8.81. The first-order valence-corrected chi connectivity index (χ1v) is 13.2. The third kappa shape index (κ3) is 3.73. The van der Waals surface area contributed by atoms with Crippen LogP contribution in [0.4, 0.5) is 22.2 Å². The molecule has 3 aliphatic rings. The number of aryl methyl sites for hydroxylation is 1. The zero-order valence-electron chi connectivity index (χ0n) is 19.9. The third-order valence-electron chi connectivity index (χ3n) is 7.49. The second-order valence-electron chi connectivity index (χ2n) is 9.68. The van der Waals surface area contributed by atoms with E-state index >= 15 is 0 Å². The number of para-hydroxylation sites is 1. The largest absolute Gasteiger partial charge is 0.394 e. The number of piperidine rings is 1. The summed E-state index contributed by atoms with van der Waals surface area (Å²) in [5, 5.41) is 16.2. The van der Waals surface area contributed by atoms with E-state index in [4.69, 9.17) is 9.97 Å². The molecule has 4 heterocycles. The first kappa shape index (κ1) is 23.0.